The molecule has 0 N–H and O–H groups in total. The number of nitrogens with zero attached hydrogens (tertiary/aromatic N) is 4. The maximum atomic E-state index is 13.9. The van der Waals surface area contributed by atoms with E-state index in [0.29, 0.717) is 34.4 Å². The van der Waals surface area contributed by atoms with Crippen molar-refractivity contribution in [2.75, 3.05) is 0 Å². The normalized spacial score (nSPS) is 11.8. The zero-order chi connectivity index (χ0) is 20.2. The summed E-state index contributed by atoms with van der Waals surface area (Å²) in [6.07, 6.45) is 3.17. The van der Waals surface area contributed by atoms with E-state index in [-0.39, 0.29) is 23.6 Å². The van der Waals surface area contributed by atoms with Crippen LogP contribution in [-0.4, -0.2) is 20.3 Å². The number of carbonyl (C=O) groups is 1. The topological polar surface area (TPSA) is 69.2 Å². The fourth-order valence-corrected chi connectivity index (χ4v) is 3.77. The molecule has 0 saturated carbocycles. The summed E-state index contributed by atoms with van der Waals surface area (Å²) >= 11 is 1.32. The number of hydrogen-bond acceptors (Lipinski definition) is 4. The van der Waals surface area contributed by atoms with Gasteiger partial charge in [0.1, 0.15) is 5.82 Å². The average molecular weight is 408 g/mol. The molecule has 0 saturated heterocycles. The number of aryl methyl sites for hydroxylation is 1. The van der Waals surface area contributed by atoms with Crippen molar-refractivity contribution in [2.45, 2.75) is 19.5 Å². The third-order valence-electron chi connectivity index (χ3n) is 4.48. The third-order valence-corrected chi connectivity index (χ3v) is 5.27. The fourth-order valence-electron chi connectivity index (χ4n) is 3.02. The Bertz CT molecular complexity index is 1310. The van der Waals surface area contributed by atoms with Crippen LogP contribution in [0.5, 0.6) is 0 Å². The molecule has 6 nitrogen and oxygen atoms in total. The maximum Gasteiger partial charge on any atom is 0.250 e. The van der Waals surface area contributed by atoms with Crippen molar-refractivity contribution < 1.29 is 9.18 Å². The number of carbonyl (C=O) groups excluding carboxylic acids is 1. The van der Waals surface area contributed by atoms with Crippen molar-refractivity contribution in [3.05, 3.63) is 92.7 Å². The first-order valence-electron chi connectivity index (χ1n) is 9.01. The van der Waals surface area contributed by atoms with Crippen molar-refractivity contribution in [2.24, 2.45) is 4.99 Å². The van der Waals surface area contributed by atoms with Gasteiger partial charge in [-0.2, -0.15) is 10.1 Å². The van der Waals surface area contributed by atoms with E-state index < -0.39 is 0 Å². The standard InChI is InChI=1S/C21H17FN4O2S/c22-17-7-3-1-5-15(17)14-25-11-12-29-21(25)24-20(28)9-10-26-18-8-4-2-6-16(18)19(27)13-23-26/h1-8,11-13H,9-10,14H2. The van der Waals surface area contributed by atoms with Crippen LogP contribution >= 0.6 is 11.3 Å². The van der Waals surface area contributed by atoms with Crippen molar-refractivity contribution in [3.8, 4) is 0 Å². The van der Waals surface area contributed by atoms with Gasteiger partial charge >= 0.3 is 0 Å². The third kappa shape index (κ3) is 4.22. The minimum atomic E-state index is -0.306. The maximum absolute atomic E-state index is 13.9. The number of halogens is 1. The molecule has 0 radical (unpaired) electrons. The number of rotatable bonds is 5. The van der Waals surface area contributed by atoms with E-state index in [1.165, 1.54) is 23.6 Å². The van der Waals surface area contributed by atoms with E-state index >= 15 is 0 Å². The second-order valence-corrected chi connectivity index (χ2v) is 7.28. The molecule has 1 amide bonds. The Hall–Kier alpha value is -3.39. The lowest BCUT2D eigenvalue weighted by atomic mass is 10.2. The Balaban J connectivity index is 1.52. The molecule has 0 unspecified atom stereocenters. The zero-order valence-electron chi connectivity index (χ0n) is 15.4. The molecule has 29 heavy (non-hydrogen) atoms. The van der Waals surface area contributed by atoms with Gasteiger partial charge in [0, 0.05) is 28.9 Å². The lowest BCUT2D eigenvalue weighted by molar-refractivity contribution is -0.118. The smallest absolute Gasteiger partial charge is 0.250 e. The molecule has 0 aliphatic carbocycles. The van der Waals surface area contributed by atoms with Crippen molar-refractivity contribution in [1.82, 2.24) is 14.3 Å². The predicted octanol–water partition coefficient (Wildman–Crippen LogP) is 2.96. The Morgan fingerprint density at radius 3 is 2.79 bits per heavy atom. The Kier molecular flexibility index (Phi) is 5.44. The molecule has 0 fully saturated rings. The minimum absolute atomic E-state index is 0.136. The van der Waals surface area contributed by atoms with Gasteiger partial charge in [-0.1, -0.05) is 30.3 Å². The Morgan fingerprint density at radius 1 is 1.14 bits per heavy atom. The van der Waals surface area contributed by atoms with Gasteiger partial charge in [-0.25, -0.2) is 4.39 Å². The molecule has 4 aromatic rings. The molecule has 0 atom stereocenters. The molecule has 146 valence electrons. The number of amides is 1. The number of para-hydroxylation sites is 1. The summed E-state index contributed by atoms with van der Waals surface area (Å²) < 4.78 is 17.3. The van der Waals surface area contributed by atoms with Crippen LogP contribution in [0, 0.1) is 5.82 Å². The van der Waals surface area contributed by atoms with Gasteiger partial charge in [-0.3, -0.25) is 14.3 Å². The van der Waals surface area contributed by atoms with E-state index in [2.05, 4.69) is 10.1 Å². The van der Waals surface area contributed by atoms with Crippen LogP contribution in [0.3, 0.4) is 0 Å². The highest BCUT2D eigenvalue weighted by Gasteiger charge is 2.08. The Morgan fingerprint density at radius 2 is 1.93 bits per heavy atom. The van der Waals surface area contributed by atoms with Gasteiger partial charge in [-0.05, 0) is 18.2 Å². The summed E-state index contributed by atoms with van der Waals surface area (Å²) in [6.45, 7) is 0.607. The highest BCUT2D eigenvalue weighted by Crippen LogP contribution is 2.09. The number of benzene rings is 2. The van der Waals surface area contributed by atoms with Gasteiger partial charge < -0.3 is 4.57 Å². The average Bonchev–Trinajstić information content (AvgIpc) is 3.16. The number of aromatic nitrogens is 3. The summed E-state index contributed by atoms with van der Waals surface area (Å²) in [4.78, 5) is 29.0. The number of hydrogen-bond donors (Lipinski definition) is 0. The highest BCUT2D eigenvalue weighted by atomic mass is 32.1. The van der Waals surface area contributed by atoms with E-state index in [0.717, 1.165) is 0 Å². The Labute approximate surface area is 169 Å². The van der Waals surface area contributed by atoms with E-state index in [1.54, 1.807) is 51.8 Å². The second-order valence-electron chi connectivity index (χ2n) is 6.41. The first-order chi connectivity index (χ1) is 14.1. The monoisotopic (exact) mass is 408 g/mol. The second kappa shape index (κ2) is 8.32. The fraction of sp³-hybridized carbons (Fsp3) is 0.143. The molecule has 8 heteroatoms. The molecule has 2 aromatic carbocycles. The quantitative estimate of drug-likeness (QED) is 0.510. The molecule has 0 bridgehead atoms. The van der Waals surface area contributed by atoms with Crippen LogP contribution in [0.15, 0.2) is 76.1 Å². The summed E-state index contributed by atoms with van der Waals surface area (Å²) in [5.41, 5.74) is 1.06. The van der Waals surface area contributed by atoms with Crippen LogP contribution in [0.1, 0.15) is 12.0 Å². The van der Waals surface area contributed by atoms with Crippen LogP contribution in [-0.2, 0) is 17.9 Å². The molecular formula is C21H17FN4O2S. The van der Waals surface area contributed by atoms with Crippen molar-refractivity contribution in [1.29, 1.82) is 0 Å². The molecule has 0 aliphatic heterocycles. The van der Waals surface area contributed by atoms with Gasteiger partial charge in [-0.15, -0.1) is 11.3 Å². The summed E-state index contributed by atoms with van der Waals surface area (Å²) in [7, 11) is 0. The van der Waals surface area contributed by atoms with Gasteiger partial charge in [0.15, 0.2) is 4.80 Å². The molecule has 2 aromatic heterocycles. The van der Waals surface area contributed by atoms with Gasteiger partial charge in [0.05, 0.1) is 24.8 Å². The number of fused-ring (bicyclic) bond motifs is 1. The summed E-state index contributed by atoms with van der Waals surface area (Å²) in [6, 6.07) is 13.7. The van der Waals surface area contributed by atoms with E-state index in [1.807, 2.05) is 11.4 Å². The summed E-state index contributed by atoms with van der Waals surface area (Å²) in [5, 5.41) is 6.50. The highest BCUT2D eigenvalue weighted by molar-refractivity contribution is 7.07. The van der Waals surface area contributed by atoms with Crippen LogP contribution in [0.4, 0.5) is 4.39 Å². The summed E-state index contributed by atoms with van der Waals surface area (Å²) in [5.74, 6) is -0.598. The van der Waals surface area contributed by atoms with Crippen LogP contribution < -0.4 is 10.2 Å². The minimum Gasteiger partial charge on any atom is -0.319 e. The molecule has 2 heterocycles. The van der Waals surface area contributed by atoms with E-state index in [9.17, 15) is 14.0 Å². The van der Waals surface area contributed by atoms with Gasteiger partial charge in [0.2, 0.25) is 11.3 Å². The van der Waals surface area contributed by atoms with E-state index in [4.69, 9.17) is 0 Å². The predicted molar refractivity (Wildman–Crippen MR) is 109 cm³/mol. The zero-order valence-corrected chi connectivity index (χ0v) is 16.2. The first kappa shape index (κ1) is 18.9. The van der Waals surface area contributed by atoms with Crippen molar-refractivity contribution in [3.63, 3.8) is 0 Å². The van der Waals surface area contributed by atoms with Crippen molar-refractivity contribution >= 4 is 28.1 Å². The largest absolute Gasteiger partial charge is 0.319 e. The number of thiazole rings is 1. The van der Waals surface area contributed by atoms with Crippen LogP contribution in [0.2, 0.25) is 0 Å². The van der Waals surface area contributed by atoms with Crippen LogP contribution in [0.25, 0.3) is 10.9 Å². The molecule has 0 aliphatic rings. The molecule has 0 spiro atoms. The van der Waals surface area contributed by atoms with Gasteiger partial charge in [0.25, 0.3) is 0 Å². The molecular weight excluding hydrogens is 391 g/mol. The lowest BCUT2D eigenvalue weighted by Crippen LogP contribution is -2.19. The lowest BCUT2D eigenvalue weighted by Gasteiger charge is -2.07. The molecule has 4 rings (SSSR count). The first-order valence-corrected chi connectivity index (χ1v) is 9.89. The SMILES string of the molecule is O=C(CCn1ncc(=O)c2ccccc21)N=c1sccn1Cc1ccccc1F.